The zero-order valence-electron chi connectivity index (χ0n) is 7.37. The van der Waals surface area contributed by atoms with E-state index in [1.54, 1.807) is 0 Å². The Morgan fingerprint density at radius 2 is 1.53 bits per heavy atom. The first-order chi connectivity index (χ1) is 6.59. The van der Waals surface area contributed by atoms with E-state index in [9.17, 15) is 31.1 Å². The lowest BCUT2D eigenvalue weighted by Crippen LogP contribution is -2.27. The molecule has 8 heteroatoms. The number of allylic oxidation sites excluding steroid dienone is 1. The number of carbonyl (C=O) groups is 1. The van der Waals surface area contributed by atoms with Crippen molar-refractivity contribution >= 4 is 5.97 Å². The Hall–Kier alpha value is -1.21. The van der Waals surface area contributed by atoms with Crippen molar-refractivity contribution in [2.45, 2.75) is 19.3 Å². The maximum atomic E-state index is 11.8. The highest BCUT2D eigenvalue weighted by atomic mass is 19.4. The molecule has 0 bridgehead atoms. The second kappa shape index (κ2) is 4.54. The van der Waals surface area contributed by atoms with Crippen LogP contribution in [0.25, 0.3) is 0 Å². The Kier molecular flexibility index (Phi) is 4.17. The molecule has 0 atom stereocenters. The van der Waals surface area contributed by atoms with Crippen LogP contribution in [0.5, 0.6) is 0 Å². The normalized spacial score (nSPS) is 12.2. The van der Waals surface area contributed by atoms with E-state index >= 15 is 0 Å². The number of ether oxygens (including phenoxy) is 1. The van der Waals surface area contributed by atoms with Crippen LogP contribution in [-0.2, 0) is 9.53 Å². The summed E-state index contributed by atoms with van der Waals surface area (Å²) < 4.78 is 74.9. The van der Waals surface area contributed by atoms with Crippen molar-refractivity contribution in [3.05, 3.63) is 11.6 Å². The number of esters is 1. The van der Waals surface area contributed by atoms with Crippen molar-refractivity contribution in [3.63, 3.8) is 0 Å². The molecule has 0 aromatic rings. The average Bonchev–Trinajstić information content (AvgIpc) is 1.96. The molecule has 0 amide bonds. The summed E-state index contributed by atoms with van der Waals surface area (Å²) in [7, 11) is 0. The fraction of sp³-hybridized carbons (Fsp3) is 0.571. The van der Waals surface area contributed by atoms with Gasteiger partial charge < -0.3 is 4.74 Å². The second-order valence-electron chi connectivity index (χ2n) is 2.31. The van der Waals surface area contributed by atoms with Crippen LogP contribution >= 0.6 is 0 Å². The van der Waals surface area contributed by atoms with Gasteiger partial charge >= 0.3 is 18.3 Å². The Morgan fingerprint density at radius 3 is 1.80 bits per heavy atom. The zero-order chi connectivity index (χ0) is 12.3. The molecule has 0 aliphatic carbocycles. The molecule has 0 spiro atoms. The largest absolute Gasteiger partial charge is 0.463 e. The highest BCUT2D eigenvalue weighted by Gasteiger charge is 2.51. The second-order valence-corrected chi connectivity index (χ2v) is 2.31. The Balaban J connectivity index is 5.05. The molecule has 0 radical (unpaired) electrons. The minimum absolute atomic E-state index is 0.307. The summed E-state index contributed by atoms with van der Waals surface area (Å²) >= 11 is 0. The first-order valence-electron chi connectivity index (χ1n) is 3.62. The van der Waals surface area contributed by atoms with Crippen molar-refractivity contribution in [2.24, 2.45) is 0 Å². The lowest BCUT2D eigenvalue weighted by molar-refractivity contribution is -0.174. The van der Waals surface area contributed by atoms with Gasteiger partial charge in [-0.1, -0.05) is 0 Å². The topological polar surface area (TPSA) is 26.3 Å². The van der Waals surface area contributed by atoms with Crippen LogP contribution in [0.1, 0.15) is 6.92 Å². The lowest BCUT2D eigenvalue weighted by Gasteiger charge is -2.14. The van der Waals surface area contributed by atoms with E-state index in [1.807, 2.05) is 0 Å². The van der Waals surface area contributed by atoms with E-state index in [1.165, 1.54) is 6.92 Å². The predicted octanol–water partition coefficient (Wildman–Crippen LogP) is 2.60. The third-order valence-corrected chi connectivity index (χ3v) is 1.16. The highest BCUT2D eigenvalue weighted by Crippen LogP contribution is 2.38. The number of halogens is 6. The molecule has 0 aromatic carbocycles. The molecule has 0 saturated heterocycles. The third-order valence-electron chi connectivity index (χ3n) is 1.16. The van der Waals surface area contributed by atoms with Crippen molar-refractivity contribution in [1.82, 2.24) is 0 Å². The van der Waals surface area contributed by atoms with E-state index in [0.717, 1.165) is 0 Å². The van der Waals surface area contributed by atoms with E-state index in [2.05, 4.69) is 4.74 Å². The van der Waals surface area contributed by atoms with Crippen LogP contribution in [0.15, 0.2) is 11.6 Å². The molecule has 0 unspecified atom stereocenters. The molecule has 0 N–H and O–H groups in total. The summed E-state index contributed by atoms with van der Waals surface area (Å²) in [5, 5.41) is 0. The van der Waals surface area contributed by atoms with Crippen molar-refractivity contribution in [2.75, 3.05) is 6.61 Å². The fourth-order valence-electron chi connectivity index (χ4n) is 0.626. The maximum Gasteiger partial charge on any atom is 0.421 e. The van der Waals surface area contributed by atoms with Gasteiger partial charge in [0.05, 0.1) is 6.61 Å². The van der Waals surface area contributed by atoms with Gasteiger partial charge in [-0.3, -0.25) is 0 Å². The van der Waals surface area contributed by atoms with Gasteiger partial charge in [-0.15, -0.1) is 0 Å². The molecular formula is C7H6F6O2. The molecule has 0 rings (SSSR count). The van der Waals surface area contributed by atoms with Gasteiger partial charge in [-0.25, -0.2) is 4.79 Å². The van der Waals surface area contributed by atoms with E-state index in [0.29, 0.717) is 0 Å². The van der Waals surface area contributed by atoms with Gasteiger partial charge in [0.15, 0.2) is 0 Å². The van der Waals surface area contributed by atoms with Crippen molar-refractivity contribution in [3.8, 4) is 0 Å². The van der Waals surface area contributed by atoms with Gasteiger partial charge in [0.1, 0.15) is 5.57 Å². The number of rotatable bonds is 2. The molecule has 0 heterocycles. The van der Waals surface area contributed by atoms with Crippen molar-refractivity contribution < 1.29 is 35.9 Å². The first kappa shape index (κ1) is 13.8. The summed E-state index contributed by atoms with van der Waals surface area (Å²) in [5.74, 6) is -1.68. The zero-order valence-corrected chi connectivity index (χ0v) is 7.37. The summed E-state index contributed by atoms with van der Waals surface area (Å²) in [4.78, 5) is 10.4. The number of hydrogen-bond acceptors (Lipinski definition) is 2. The van der Waals surface area contributed by atoms with E-state index < -0.39 is 30.0 Å². The van der Waals surface area contributed by atoms with Gasteiger partial charge in [0.2, 0.25) is 0 Å². The SMILES string of the molecule is CCOC(=O)C=C(C(F)(F)F)C(F)(F)F. The van der Waals surface area contributed by atoms with Crippen LogP contribution in [0.3, 0.4) is 0 Å². The highest BCUT2D eigenvalue weighted by molar-refractivity contribution is 5.83. The monoisotopic (exact) mass is 236 g/mol. The van der Waals surface area contributed by atoms with Crippen LogP contribution in [0.4, 0.5) is 26.3 Å². The van der Waals surface area contributed by atoms with Gasteiger partial charge in [-0.2, -0.15) is 26.3 Å². The van der Waals surface area contributed by atoms with E-state index in [4.69, 9.17) is 0 Å². The summed E-state index contributed by atoms with van der Waals surface area (Å²) in [6.07, 6.45) is -11.9. The van der Waals surface area contributed by atoms with Gasteiger partial charge in [-0.05, 0) is 6.92 Å². The summed E-state index contributed by atoms with van der Waals surface area (Å²) in [6.45, 7) is 0.949. The van der Waals surface area contributed by atoms with Crippen molar-refractivity contribution in [1.29, 1.82) is 0 Å². The van der Waals surface area contributed by atoms with Gasteiger partial charge in [0, 0.05) is 6.08 Å². The molecule has 88 valence electrons. The molecule has 0 aliphatic rings. The Labute approximate surface area is 80.5 Å². The minimum Gasteiger partial charge on any atom is -0.463 e. The van der Waals surface area contributed by atoms with Crippen LogP contribution in [-0.4, -0.2) is 24.9 Å². The molecular weight excluding hydrogens is 230 g/mol. The molecule has 15 heavy (non-hydrogen) atoms. The average molecular weight is 236 g/mol. The molecule has 0 aromatic heterocycles. The van der Waals surface area contributed by atoms with Crippen LogP contribution in [0, 0.1) is 0 Å². The Morgan fingerprint density at radius 1 is 1.13 bits per heavy atom. The summed E-state index contributed by atoms with van der Waals surface area (Å²) in [5.41, 5.74) is -2.88. The first-order valence-corrected chi connectivity index (χ1v) is 3.62. The number of alkyl halides is 6. The number of carbonyl (C=O) groups excluding carboxylic acids is 1. The molecule has 0 saturated carbocycles. The van der Waals surface area contributed by atoms with Crippen LogP contribution in [0.2, 0.25) is 0 Å². The van der Waals surface area contributed by atoms with Crippen LogP contribution < -0.4 is 0 Å². The minimum atomic E-state index is -5.63. The lowest BCUT2D eigenvalue weighted by atomic mass is 10.2. The predicted molar refractivity (Wildman–Crippen MR) is 36.8 cm³/mol. The fourth-order valence-corrected chi connectivity index (χ4v) is 0.626. The molecule has 0 aliphatic heterocycles. The molecule has 0 fully saturated rings. The Bertz CT molecular complexity index is 246. The summed E-state index contributed by atoms with van der Waals surface area (Å²) in [6, 6.07) is 0. The maximum absolute atomic E-state index is 11.8. The van der Waals surface area contributed by atoms with Gasteiger partial charge in [0.25, 0.3) is 0 Å². The van der Waals surface area contributed by atoms with E-state index in [-0.39, 0.29) is 6.61 Å². The standard InChI is InChI=1S/C7H6F6O2/c1-2-15-5(14)3-4(6(8,9)10)7(11,12)13/h3H,2H2,1H3. The smallest absolute Gasteiger partial charge is 0.421 e. The third kappa shape index (κ3) is 4.71. The molecule has 2 nitrogen and oxygen atoms in total. The quantitative estimate of drug-likeness (QED) is 0.418. The number of hydrogen-bond donors (Lipinski definition) is 0.